The van der Waals surface area contributed by atoms with Gasteiger partial charge in [0, 0.05) is 12.7 Å². The first-order valence-electron chi connectivity index (χ1n) is 5.61. The number of carboxylic acid groups (broad SMARTS) is 1. The van der Waals surface area contributed by atoms with Gasteiger partial charge in [0.25, 0.3) is 0 Å². The average Bonchev–Trinajstić information content (AvgIpc) is 2.30. The van der Waals surface area contributed by atoms with E-state index < -0.39 is 17.5 Å². The van der Waals surface area contributed by atoms with Crippen LogP contribution >= 0.6 is 0 Å². The van der Waals surface area contributed by atoms with Crippen LogP contribution in [-0.2, 0) is 4.79 Å². The van der Waals surface area contributed by atoms with E-state index in [0.717, 1.165) is 0 Å². The molecule has 0 aliphatic rings. The van der Waals surface area contributed by atoms with Gasteiger partial charge in [0.1, 0.15) is 5.54 Å². The van der Waals surface area contributed by atoms with Crippen molar-refractivity contribution < 1.29 is 14.7 Å². The van der Waals surface area contributed by atoms with E-state index in [4.69, 9.17) is 5.11 Å². The van der Waals surface area contributed by atoms with Crippen LogP contribution in [-0.4, -0.2) is 39.1 Å². The van der Waals surface area contributed by atoms with Gasteiger partial charge in [-0.1, -0.05) is 0 Å². The van der Waals surface area contributed by atoms with Crippen LogP contribution in [0.1, 0.15) is 20.8 Å². The van der Waals surface area contributed by atoms with Crippen molar-refractivity contribution in [3.8, 4) is 0 Å². The molecule has 0 saturated carbocycles. The van der Waals surface area contributed by atoms with Gasteiger partial charge in [-0.15, -0.1) is 0 Å². The number of nitrogens with one attached hydrogen (secondary N) is 1. The molecule has 1 aromatic heterocycles. The minimum absolute atomic E-state index is 0.297. The Morgan fingerprint density at radius 3 is 2.61 bits per heavy atom. The summed E-state index contributed by atoms with van der Waals surface area (Å²) in [6.45, 7) is 5.00. The number of likely N-dealkylation sites (N-methyl/N-ethyl adjacent to an activating group) is 1. The molecule has 0 radical (unpaired) electrons. The topological polar surface area (TPSA) is 82.5 Å². The van der Waals surface area contributed by atoms with Crippen LogP contribution in [0.15, 0.2) is 24.5 Å². The molecule has 0 saturated heterocycles. The predicted molar refractivity (Wildman–Crippen MR) is 67.4 cm³/mol. The quantitative estimate of drug-likeness (QED) is 0.854. The fourth-order valence-corrected chi connectivity index (χ4v) is 1.54. The van der Waals surface area contributed by atoms with Crippen LogP contribution in [0.2, 0.25) is 0 Å². The van der Waals surface area contributed by atoms with E-state index in [1.165, 1.54) is 24.9 Å². The number of urea groups is 1. The van der Waals surface area contributed by atoms with Crippen molar-refractivity contribution in [3.63, 3.8) is 0 Å². The Hall–Kier alpha value is -2.11. The van der Waals surface area contributed by atoms with Crippen LogP contribution in [0.5, 0.6) is 0 Å². The van der Waals surface area contributed by atoms with Gasteiger partial charge in [-0.05, 0) is 32.9 Å². The van der Waals surface area contributed by atoms with E-state index in [1.54, 1.807) is 25.3 Å². The van der Waals surface area contributed by atoms with Gasteiger partial charge in [-0.25, -0.2) is 9.59 Å². The summed E-state index contributed by atoms with van der Waals surface area (Å²) in [6, 6.07) is 2.92. The summed E-state index contributed by atoms with van der Waals surface area (Å²) < 4.78 is 0. The van der Waals surface area contributed by atoms with Gasteiger partial charge >= 0.3 is 12.0 Å². The van der Waals surface area contributed by atoms with E-state index in [1.807, 2.05) is 0 Å². The molecule has 0 aliphatic carbocycles. The Balaban J connectivity index is 2.84. The number of carbonyl (C=O) groups excluding carboxylic acids is 1. The van der Waals surface area contributed by atoms with E-state index in [0.29, 0.717) is 12.2 Å². The Morgan fingerprint density at radius 1 is 1.50 bits per heavy atom. The van der Waals surface area contributed by atoms with Crippen molar-refractivity contribution in [2.24, 2.45) is 0 Å². The third kappa shape index (κ3) is 2.97. The van der Waals surface area contributed by atoms with Crippen molar-refractivity contribution in [3.05, 3.63) is 24.5 Å². The minimum Gasteiger partial charge on any atom is -0.480 e. The van der Waals surface area contributed by atoms with Gasteiger partial charge < -0.3 is 15.3 Å². The van der Waals surface area contributed by atoms with Crippen molar-refractivity contribution in [1.82, 2.24) is 9.88 Å². The number of carbonyl (C=O) groups is 2. The van der Waals surface area contributed by atoms with Crippen molar-refractivity contribution in [2.75, 3.05) is 11.9 Å². The highest BCUT2D eigenvalue weighted by molar-refractivity contribution is 5.93. The molecule has 2 N–H and O–H groups in total. The molecule has 2 amide bonds. The van der Waals surface area contributed by atoms with E-state index >= 15 is 0 Å². The summed E-state index contributed by atoms with van der Waals surface area (Å²) >= 11 is 0. The van der Waals surface area contributed by atoms with Crippen LogP contribution in [0.3, 0.4) is 0 Å². The summed E-state index contributed by atoms with van der Waals surface area (Å²) in [5.41, 5.74) is -0.733. The molecule has 6 nitrogen and oxygen atoms in total. The zero-order valence-corrected chi connectivity index (χ0v) is 10.7. The summed E-state index contributed by atoms with van der Waals surface area (Å²) in [7, 11) is 0. The smallest absolute Gasteiger partial charge is 0.329 e. The lowest BCUT2D eigenvalue weighted by molar-refractivity contribution is -0.147. The molecular formula is C12H17N3O3. The Kier molecular flexibility index (Phi) is 4.25. The molecule has 1 rings (SSSR count). The highest BCUT2D eigenvalue weighted by Gasteiger charge is 2.36. The Labute approximate surface area is 106 Å². The van der Waals surface area contributed by atoms with Gasteiger partial charge in [-0.3, -0.25) is 4.98 Å². The summed E-state index contributed by atoms with van der Waals surface area (Å²) in [4.78, 5) is 28.3. The average molecular weight is 251 g/mol. The lowest BCUT2D eigenvalue weighted by atomic mass is 10.0. The van der Waals surface area contributed by atoms with Crippen LogP contribution in [0.25, 0.3) is 0 Å². The maximum absolute atomic E-state index is 12.0. The summed E-state index contributed by atoms with van der Waals surface area (Å²) in [6.07, 6.45) is 3.09. The number of anilines is 1. The van der Waals surface area contributed by atoms with Gasteiger partial charge in [-0.2, -0.15) is 0 Å². The molecule has 1 heterocycles. The molecule has 0 atom stereocenters. The minimum atomic E-state index is -1.26. The number of amides is 2. The predicted octanol–water partition coefficient (Wildman–Crippen LogP) is 1.80. The molecule has 0 aromatic carbocycles. The molecule has 0 spiro atoms. The largest absolute Gasteiger partial charge is 0.480 e. The first-order valence-corrected chi connectivity index (χ1v) is 5.61. The molecule has 1 aromatic rings. The van der Waals surface area contributed by atoms with Crippen LogP contribution < -0.4 is 5.32 Å². The highest BCUT2D eigenvalue weighted by atomic mass is 16.4. The molecule has 0 bridgehead atoms. The van der Waals surface area contributed by atoms with E-state index in [9.17, 15) is 9.59 Å². The standard InChI is InChI=1S/C12H17N3O3/c1-4-15(12(2,3)10(16)17)11(18)14-9-6-5-7-13-8-9/h5-8H,4H2,1-3H3,(H,14,18)(H,16,17). The third-order valence-corrected chi connectivity index (χ3v) is 2.67. The second kappa shape index (κ2) is 5.48. The normalized spacial score (nSPS) is 10.8. The van der Waals surface area contributed by atoms with Crippen molar-refractivity contribution >= 4 is 17.7 Å². The fraction of sp³-hybridized carbons (Fsp3) is 0.417. The number of aromatic nitrogens is 1. The molecule has 0 fully saturated rings. The van der Waals surface area contributed by atoms with Crippen molar-refractivity contribution in [2.45, 2.75) is 26.3 Å². The second-order valence-corrected chi connectivity index (χ2v) is 4.28. The van der Waals surface area contributed by atoms with E-state index in [-0.39, 0.29) is 0 Å². The number of nitrogens with zero attached hydrogens (tertiary/aromatic N) is 2. The number of pyridine rings is 1. The van der Waals surface area contributed by atoms with E-state index in [2.05, 4.69) is 10.3 Å². The second-order valence-electron chi connectivity index (χ2n) is 4.28. The van der Waals surface area contributed by atoms with Crippen LogP contribution in [0.4, 0.5) is 10.5 Å². The molecule has 0 unspecified atom stereocenters. The fourth-order valence-electron chi connectivity index (χ4n) is 1.54. The van der Waals surface area contributed by atoms with Gasteiger partial charge in [0.05, 0.1) is 11.9 Å². The van der Waals surface area contributed by atoms with Gasteiger partial charge in [0.2, 0.25) is 0 Å². The molecule has 6 heteroatoms. The molecule has 0 aliphatic heterocycles. The lowest BCUT2D eigenvalue weighted by Gasteiger charge is -2.34. The summed E-state index contributed by atoms with van der Waals surface area (Å²) in [5, 5.41) is 11.7. The number of hydrogen-bond acceptors (Lipinski definition) is 3. The first kappa shape index (κ1) is 14.0. The third-order valence-electron chi connectivity index (χ3n) is 2.67. The molecule has 98 valence electrons. The number of rotatable bonds is 4. The SMILES string of the molecule is CCN(C(=O)Nc1cccnc1)C(C)(C)C(=O)O. The first-order chi connectivity index (χ1) is 8.39. The van der Waals surface area contributed by atoms with Gasteiger partial charge in [0.15, 0.2) is 0 Å². The molecular weight excluding hydrogens is 234 g/mol. The van der Waals surface area contributed by atoms with Crippen molar-refractivity contribution in [1.29, 1.82) is 0 Å². The molecule has 18 heavy (non-hydrogen) atoms. The Morgan fingerprint density at radius 2 is 2.17 bits per heavy atom. The lowest BCUT2D eigenvalue weighted by Crippen LogP contribution is -2.54. The Bertz CT molecular complexity index is 431. The zero-order valence-electron chi connectivity index (χ0n) is 10.7. The number of carboxylic acids is 1. The summed E-state index contributed by atoms with van der Waals surface area (Å²) in [5.74, 6) is -1.05. The highest BCUT2D eigenvalue weighted by Crippen LogP contribution is 2.16. The monoisotopic (exact) mass is 251 g/mol. The number of aliphatic carboxylic acids is 1. The maximum Gasteiger partial charge on any atom is 0.329 e. The zero-order chi connectivity index (χ0) is 13.8. The maximum atomic E-state index is 12.0. The number of hydrogen-bond donors (Lipinski definition) is 2. The van der Waals surface area contributed by atoms with Crippen LogP contribution in [0, 0.1) is 0 Å².